The summed E-state index contributed by atoms with van der Waals surface area (Å²) in [7, 11) is 0. The van der Waals surface area contributed by atoms with Gasteiger partial charge < -0.3 is 9.15 Å². The number of ketones is 1. The molecule has 32 heavy (non-hydrogen) atoms. The maximum Gasteiger partial charge on any atom is 0.219 e. The van der Waals surface area contributed by atoms with Crippen LogP contribution < -0.4 is 4.74 Å². The first-order valence-electron chi connectivity index (χ1n) is 10.5. The summed E-state index contributed by atoms with van der Waals surface area (Å²) in [6.07, 6.45) is 1.69. The number of hydrogen-bond acceptors (Lipinski definition) is 4. The van der Waals surface area contributed by atoms with Gasteiger partial charge in [0.1, 0.15) is 24.5 Å². The maximum absolute atomic E-state index is 12.6. The van der Waals surface area contributed by atoms with Crippen LogP contribution in [0.4, 0.5) is 0 Å². The summed E-state index contributed by atoms with van der Waals surface area (Å²) >= 11 is 0. The third kappa shape index (κ3) is 4.30. The van der Waals surface area contributed by atoms with Crippen molar-refractivity contribution in [2.75, 3.05) is 6.54 Å². The zero-order chi connectivity index (χ0) is 21.8. The SMILES string of the molecule is O=C(CN=Cc1ccc(OCc2ccccc2)cc1)c1cc2c(ccc3ccccc32)o1. The van der Waals surface area contributed by atoms with E-state index in [9.17, 15) is 4.79 Å². The van der Waals surface area contributed by atoms with Crippen LogP contribution in [0.3, 0.4) is 0 Å². The summed E-state index contributed by atoms with van der Waals surface area (Å²) in [4.78, 5) is 16.9. The van der Waals surface area contributed by atoms with Crippen LogP contribution in [0.5, 0.6) is 5.75 Å². The number of rotatable bonds is 7. The lowest BCUT2D eigenvalue weighted by atomic mass is 10.1. The van der Waals surface area contributed by atoms with Gasteiger partial charge in [-0.3, -0.25) is 9.79 Å². The maximum atomic E-state index is 12.6. The second-order valence-corrected chi connectivity index (χ2v) is 7.55. The van der Waals surface area contributed by atoms with E-state index in [0.29, 0.717) is 18.0 Å². The number of benzene rings is 4. The van der Waals surface area contributed by atoms with Gasteiger partial charge in [-0.15, -0.1) is 0 Å². The number of furan rings is 1. The van der Waals surface area contributed by atoms with Crippen LogP contribution in [-0.2, 0) is 6.61 Å². The third-order valence-corrected chi connectivity index (χ3v) is 5.30. The largest absolute Gasteiger partial charge is 0.489 e. The summed E-state index contributed by atoms with van der Waals surface area (Å²) in [5, 5.41) is 3.14. The van der Waals surface area contributed by atoms with Crippen molar-refractivity contribution in [3.63, 3.8) is 0 Å². The molecule has 0 aliphatic heterocycles. The number of fused-ring (bicyclic) bond motifs is 3. The molecule has 0 saturated heterocycles. The molecule has 0 aliphatic carbocycles. The van der Waals surface area contributed by atoms with E-state index in [1.165, 1.54) is 0 Å². The van der Waals surface area contributed by atoms with E-state index in [0.717, 1.165) is 33.0 Å². The van der Waals surface area contributed by atoms with Crippen LogP contribution in [-0.4, -0.2) is 18.5 Å². The van der Waals surface area contributed by atoms with Gasteiger partial charge in [0.15, 0.2) is 5.76 Å². The lowest BCUT2D eigenvalue weighted by Crippen LogP contribution is -2.02. The summed E-state index contributed by atoms with van der Waals surface area (Å²) in [6, 6.07) is 31.4. The van der Waals surface area contributed by atoms with Crippen molar-refractivity contribution in [3.05, 3.63) is 114 Å². The van der Waals surface area contributed by atoms with E-state index < -0.39 is 0 Å². The first-order chi connectivity index (χ1) is 15.8. The molecule has 0 aliphatic rings. The lowest BCUT2D eigenvalue weighted by molar-refractivity contribution is 0.0978. The van der Waals surface area contributed by atoms with Gasteiger partial charge in [0.2, 0.25) is 5.78 Å². The Morgan fingerprint density at radius 3 is 2.47 bits per heavy atom. The molecule has 0 saturated carbocycles. The smallest absolute Gasteiger partial charge is 0.219 e. The monoisotopic (exact) mass is 419 g/mol. The average Bonchev–Trinajstić information content (AvgIpc) is 3.29. The van der Waals surface area contributed by atoms with Gasteiger partial charge in [0.25, 0.3) is 0 Å². The molecule has 4 aromatic carbocycles. The molecule has 0 atom stereocenters. The fourth-order valence-electron chi connectivity index (χ4n) is 3.63. The molecule has 0 unspecified atom stereocenters. The zero-order valence-electron chi connectivity index (χ0n) is 17.4. The predicted molar refractivity (Wildman–Crippen MR) is 128 cm³/mol. The number of aliphatic imine (C=N–C) groups is 1. The van der Waals surface area contributed by atoms with E-state index in [1.807, 2.05) is 97.1 Å². The molecule has 0 amide bonds. The molecule has 0 spiro atoms. The summed E-state index contributed by atoms with van der Waals surface area (Å²) < 4.78 is 11.6. The highest BCUT2D eigenvalue weighted by Crippen LogP contribution is 2.28. The molecule has 0 fully saturated rings. The van der Waals surface area contributed by atoms with E-state index >= 15 is 0 Å². The molecule has 5 rings (SSSR count). The fourth-order valence-corrected chi connectivity index (χ4v) is 3.63. The molecule has 4 nitrogen and oxygen atoms in total. The topological polar surface area (TPSA) is 51.8 Å². The van der Waals surface area contributed by atoms with E-state index in [4.69, 9.17) is 9.15 Å². The Morgan fingerprint density at radius 1 is 0.844 bits per heavy atom. The number of Topliss-reactive ketones (excluding diaryl/α,β-unsaturated/α-hetero) is 1. The second-order valence-electron chi connectivity index (χ2n) is 7.55. The van der Waals surface area contributed by atoms with Crippen molar-refractivity contribution in [3.8, 4) is 5.75 Å². The van der Waals surface area contributed by atoms with Gasteiger partial charge >= 0.3 is 0 Å². The molecule has 0 radical (unpaired) electrons. The van der Waals surface area contributed by atoms with Crippen LogP contribution in [0, 0.1) is 0 Å². The quantitative estimate of drug-likeness (QED) is 0.224. The van der Waals surface area contributed by atoms with Crippen molar-refractivity contribution in [1.82, 2.24) is 0 Å². The van der Waals surface area contributed by atoms with Crippen LogP contribution in [0.2, 0.25) is 0 Å². The average molecular weight is 419 g/mol. The Bertz CT molecular complexity index is 1400. The summed E-state index contributed by atoms with van der Waals surface area (Å²) in [6.45, 7) is 0.555. The van der Waals surface area contributed by atoms with E-state index in [1.54, 1.807) is 6.21 Å². The Morgan fingerprint density at radius 2 is 1.62 bits per heavy atom. The van der Waals surface area contributed by atoms with Crippen molar-refractivity contribution in [2.45, 2.75) is 6.61 Å². The molecule has 0 N–H and O–H groups in total. The molecule has 1 aromatic heterocycles. The van der Waals surface area contributed by atoms with Crippen molar-refractivity contribution < 1.29 is 13.9 Å². The van der Waals surface area contributed by atoms with Crippen LogP contribution in [0.25, 0.3) is 21.7 Å². The number of nitrogens with zero attached hydrogens (tertiary/aromatic N) is 1. The number of carbonyl (C=O) groups excluding carboxylic acids is 1. The first kappa shape index (κ1) is 19.8. The standard InChI is InChI=1S/C28H21NO3/c30-26(28-16-25-24-9-5-4-8-22(24)12-15-27(25)32-28)18-29-17-20-10-13-23(14-11-20)31-19-21-6-2-1-3-7-21/h1-17H,18-19H2. The fraction of sp³-hybridized carbons (Fsp3) is 0.0714. The van der Waals surface area contributed by atoms with Gasteiger partial charge in [-0.05, 0) is 58.3 Å². The molecule has 4 heteroatoms. The Labute approximate surface area is 185 Å². The van der Waals surface area contributed by atoms with Gasteiger partial charge in [0.05, 0.1) is 0 Å². The highest BCUT2D eigenvalue weighted by molar-refractivity contribution is 6.09. The Balaban J connectivity index is 1.22. The highest BCUT2D eigenvalue weighted by atomic mass is 16.5. The normalized spacial score (nSPS) is 11.4. The van der Waals surface area contributed by atoms with Crippen molar-refractivity contribution >= 4 is 33.7 Å². The minimum absolute atomic E-state index is 0.0318. The molecule has 156 valence electrons. The summed E-state index contributed by atoms with van der Waals surface area (Å²) in [5.74, 6) is 0.971. The number of carbonyl (C=O) groups is 1. The van der Waals surface area contributed by atoms with Gasteiger partial charge in [0, 0.05) is 11.6 Å². The van der Waals surface area contributed by atoms with Crippen LogP contribution in [0.1, 0.15) is 21.7 Å². The second kappa shape index (κ2) is 8.90. The minimum atomic E-state index is -0.149. The van der Waals surface area contributed by atoms with Crippen molar-refractivity contribution in [1.29, 1.82) is 0 Å². The van der Waals surface area contributed by atoms with Crippen molar-refractivity contribution in [2.24, 2.45) is 4.99 Å². The van der Waals surface area contributed by atoms with E-state index in [2.05, 4.69) is 4.99 Å². The minimum Gasteiger partial charge on any atom is -0.489 e. The number of hydrogen-bond donors (Lipinski definition) is 0. The zero-order valence-corrected chi connectivity index (χ0v) is 17.4. The molecule has 1 heterocycles. The third-order valence-electron chi connectivity index (χ3n) is 5.30. The highest BCUT2D eigenvalue weighted by Gasteiger charge is 2.13. The Hall–Kier alpha value is -4.18. The molecular formula is C28H21NO3. The first-order valence-corrected chi connectivity index (χ1v) is 10.5. The molecular weight excluding hydrogens is 398 g/mol. The van der Waals surface area contributed by atoms with Crippen LogP contribution >= 0.6 is 0 Å². The van der Waals surface area contributed by atoms with E-state index in [-0.39, 0.29) is 12.3 Å². The Kier molecular flexibility index (Phi) is 5.50. The predicted octanol–water partition coefficient (Wildman–Crippen LogP) is 6.47. The van der Waals surface area contributed by atoms with Crippen LogP contribution in [0.15, 0.2) is 106 Å². The van der Waals surface area contributed by atoms with Gasteiger partial charge in [-0.1, -0.05) is 60.7 Å². The molecule has 5 aromatic rings. The van der Waals surface area contributed by atoms with Gasteiger partial charge in [-0.25, -0.2) is 0 Å². The molecule has 0 bridgehead atoms. The lowest BCUT2D eigenvalue weighted by Gasteiger charge is -2.06. The van der Waals surface area contributed by atoms with Gasteiger partial charge in [-0.2, -0.15) is 0 Å². The number of ether oxygens (including phenoxy) is 1. The summed E-state index contributed by atoms with van der Waals surface area (Å²) in [5.41, 5.74) is 2.73.